The molecular formula is C13H16N2O3. The van der Waals surface area contributed by atoms with E-state index in [1.807, 2.05) is 24.3 Å². The second-order valence-corrected chi connectivity index (χ2v) is 4.70. The average molecular weight is 248 g/mol. The first-order chi connectivity index (χ1) is 8.46. The summed E-state index contributed by atoms with van der Waals surface area (Å²) in [4.78, 5) is 25.3. The molecule has 5 nitrogen and oxygen atoms in total. The third-order valence-corrected chi connectivity index (χ3v) is 3.13. The summed E-state index contributed by atoms with van der Waals surface area (Å²) in [6.45, 7) is 3.63. The Balaban J connectivity index is 2.46. The number of carbonyl (C=O) groups is 2. The number of hydrogen-bond acceptors (Lipinski definition) is 4. The zero-order valence-electron chi connectivity index (χ0n) is 10.7. The minimum Gasteiger partial charge on any atom is -0.467 e. The molecule has 5 heteroatoms. The van der Waals surface area contributed by atoms with Gasteiger partial charge in [0.1, 0.15) is 5.54 Å². The number of nitrogens with zero attached hydrogens (tertiary/aromatic N) is 1. The zero-order chi connectivity index (χ0) is 13.3. The molecule has 0 fully saturated rings. The van der Waals surface area contributed by atoms with Gasteiger partial charge < -0.3 is 15.0 Å². The summed E-state index contributed by atoms with van der Waals surface area (Å²) in [6, 6.07) is 7.40. The van der Waals surface area contributed by atoms with Gasteiger partial charge in [-0.2, -0.15) is 0 Å². The fourth-order valence-corrected chi connectivity index (χ4v) is 2.09. The summed E-state index contributed by atoms with van der Waals surface area (Å²) in [6.07, 6.45) is 0. The Morgan fingerprint density at radius 2 is 2.06 bits per heavy atom. The predicted molar refractivity (Wildman–Crippen MR) is 68.5 cm³/mol. The van der Waals surface area contributed by atoms with E-state index < -0.39 is 5.54 Å². The number of methoxy groups -OCH3 is 1. The number of nitrogens with one attached hydrogen (secondary N) is 1. The summed E-state index contributed by atoms with van der Waals surface area (Å²) < 4.78 is 4.81. The number of para-hydroxylation sites is 2. The van der Waals surface area contributed by atoms with Crippen LogP contribution in [0.2, 0.25) is 0 Å². The van der Waals surface area contributed by atoms with E-state index >= 15 is 0 Å². The lowest BCUT2D eigenvalue weighted by Gasteiger charge is -2.40. The standard InChI is InChI=1S/C13H16N2O3/c1-13(2,12(17)18-3)15-8-11(16)14-9-6-4-5-7-10(9)15/h4-7H,8H2,1-3H3,(H,14,16). The number of hydrogen-bond donors (Lipinski definition) is 1. The van der Waals surface area contributed by atoms with Gasteiger partial charge >= 0.3 is 5.97 Å². The van der Waals surface area contributed by atoms with Gasteiger partial charge in [0.25, 0.3) is 0 Å². The third kappa shape index (κ3) is 1.92. The van der Waals surface area contributed by atoms with Crippen LogP contribution in [0.5, 0.6) is 0 Å². The van der Waals surface area contributed by atoms with Crippen molar-refractivity contribution >= 4 is 23.3 Å². The molecule has 1 aromatic carbocycles. The van der Waals surface area contributed by atoms with Crippen molar-refractivity contribution in [2.75, 3.05) is 23.9 Å². The summed E-state index contributed by atoms with van der Waals surface area (Å²) in [5, 5.41) is 2.79. The maximum Gasteiger partial charge on any atom is 0.331 e. The molecule has 0 aromatic heterocycles. The molecule has 0 radical (unpaired) electrons. The Morgan fingerprint density at radius 1 is 1.39 bits per heavy atom. The van der Waals surface area contributed by atoms with Crippen LogP contribution in [0.4, 0.5) is 11.4 Å². The number of esters is 1. The van der Waals surface area contributed by atoms with Crippen LogP contribution in [0.1, 0.15) is 13.8 Å². The summed E-state index contributed by atoms with van der Waals surface area (Å²) in [5.74, 6) is -0.502. The molecule has 0 aliphatic carbocycles. The maximum atomic E-state index is 11.9. The van der Waals surface area contributed by atoms with E-state index in [1.165, 1.54) is 7.11 Å². The van der Waals surface area contributed by atoms with E-state index in [0.717, 1.165) is 5.69 Å². The van der Waals surface area contributed by atoms with Crippen molar-refractivity contribution in [1.82, 2.24) is 0 Å². The van der Waals surface area contributed by atoms with E-state index in [4.69, 9.17) is 4.74 Å². The summed E-state index contributed by atoms with van der Waals surface area (Å²) in [7, 11) is 1.35. The monoisotopic (exact) mass is 248 g/mol. The fraction of sp³-hybridized carbons (Fsp3) is 0.385. The number of fused-ring (bicyclic) bond motifs is 1. The lowest BCUT2D eigenvalue weighted by Crippen LogP contribution is -2.55. The summed E-state index contributed by atoms with van der Waals surface area (Å²) in [5.41, 5.74) is 0.654. The summed E-state index contributed by atoms with van der Waals surface area (Å²) >= 11 is 0. The Kier molecular flexibility index (Phi) is 2.98. The normalized spacial score (nSPS) is 14.8. The molecule has 0 saturated carbocycles. The van der Waals surface area contributed by atoms with Gasteiger partial charge in [0.2, 0.25) is 5.91 Å². The smallest absolute Gasteiger partial charge is 0.331 e. The SMILES string of the molecule is COC(=O)C(C)(C)N1CC(=O)Nc2ccccc21. The molecule has 0 atom stereocenters. The molecule has 0 unspecified atom stereocenters. The minimum atomic E-state index is -0.886. The first-order valence-electron chi connectivity index (χ1n) is 5.71. The van der Waals surface area contributed by atoms with Crippen LogP contribution >= 0.6 is 0 Å². The molecule has 1 N–H and O–H groups in total. The van der Waals surface area contributed by atoms with E-state index in [2.05, 4.69) is 5.32 Å². The zero-order valence-corrected chi connectivity index (χ0v) is 10.7. The van der Waals surface area contributed by atoms with Crippen LogP contribution in [0.15, 0.2) is 24.3 Å². The van der Waals surface area contributed by atoms with Crippen molar-refractivity contribution in [2.45, 2.75) is 19.4 Å². The highest BCUT2D eigenvalue weighted by atomic mass is 16.5. The van der Waals surface area contributed by atoms with Gasteiger partial charge in [0, 0.05) is 0 Å². The van der Waals surface area contributed by atoms with Crippen molar-refractivity contribution < 1.29 is 14.3 Å². The van der Waals surface area contributed by atoms with Crippen LogP contribution in [0, 0.1) is 0 Å². The number of anilines is 2. The lowest BCUT2D eigenvalue weighted by molar-refractivity contribution is -0.145. The molecule has 0 bridgehead atoms. The van der Waals surface area contributed by atoms with E-state index in [1.54, 1.807) is 18.7 Å². The largest absolute Gasteiger partial charge is 0.467 e. The number of carbonyl (C=O) groups excluding carboxylic acids is 2. The van der Waals surface area contributed by atoms with E-state index in [-0.39, 0.29) is 18.4 Å². The molecule has 0 saturated heterocycles. The molecule has 1 heterocycles. The Hall–Kier alpha value is -2.04. The Labute approximate surface area is 106 Å². The van der Waals surface area contributed by atoms with Gasteiger partial charge in [-0.3, -0.25) is 4.79 Å². The van der Waals surface area contributed by atoms with Crippen LogP contribution < -0.4 is 10.2 Å². The first-order valence-corrected chi connectivity index (χ1v) is 5.71. The first kappa shape index (κ1) is 12.4. The lowest BCUT2D eigenvalue weighted by atomic mass is 10.00. The fourth-order valence-electron chi connectivity index (χ4n) is 2.09. The number of amides is 1. The molecule has 1 aromatic rings. The Morgan fingerprint density at radius 3 is 2.72 bits per heavy atom. The van der Waals surface area contributed by atoms with Crippen molar-refractivity contribution in [1.29, 1.82) is 0 Å². The van der Waals surface area contributed by atoms with Gasteiger partial charge in [-0.1, -0.05) is 12.1 Å². The van der Waals surface area contributed by atoms with E-state index in [0.29, 0.717) is 5.69 Å². The van der Waals surface area contributed by atoms with Crippen LogP contribution in [-0.4, -0.2) is 31.1 Å². The van der Waals surface area contributed by atoms with Crippen LogP contribution in [0.3, 0.4) is 0 Å². The molecule has 1 aliphatic heterocycles. The highest BCUT2D eigenvalue weighted by molar-refractivity contribution is 6.03. The molecule has 2 rings (SSSR count). The molecule has 1 aliphatic rings. The van der Waals surface area contributed by atoms with Gasteiger partial charge in [-0.25, -0.2) is 4.79 Å². The van der Waals surface area contributed by atoms with Crippen molar-refractivity contribution in [3.8, 4) is 0 Å². The van der Waals surface area contributed by atoms with Gasteiger partial charge in [0.15, 0.2) is 0 Å². The van der Waals surface area contributed by atoms with Gasteiger partial charge in [0.05, 0.1) is 25.0 Å². The topological polar surface area (TPSA) is 58.6 Å². The Bertz CT molecular complexity index is 497. The molecule has 18 heavy (non-hydrogen) atoms. The van der Waals surface area contributed by atoms with Gasteiger partial charge in [-0.05, 0) is 26.0 Å². The second kappa shape index (κ2) is 4.33. The molecule has 96 valence electrons. The van der Waals surface area contributed by atoms with Gasteiger partial charge in [-0.15, -0.1) is 0 Å². The highest BCUT2D eigenvalue weighted by Gasteiger charge is 2.39. The molecule has 0 spiro atoms. The van der Waals surface area contributed by atoms with Crippen molar-refractivity contribution in [2.24, 2.45) is 0 Å². The van der Waals surface area contributed by atoms with E-state index in [9.17, 15) is 9.59 Å². The van der Waals surface area contributed by atoms with Crippen molar-refractivity contribution in [3.05, 3.63) is 24.3 Å². The molecule has 1 amide bonds. The third-order valence-electron chi connectivity index (χ3n) is 3.13. The number of ether oxygens (including phenoxy) is 1. The molecular weight excluding hydrogens is 232 g/mol. The maximum absolute atomic E-state index is 11.9. The predicted octanol–water partition coefficient (Wildman–Crippen LogP) is 1.40. The second-order valence-electron chi connectivity index (χ2n) is 4.70. The number of benzene rings is 1. The quantitative estimate of drug-likeness (QED) is 0.804. The average Bonchev–Trinajstić information content (AvgIpc) is 2.36. The van der Waals surface area contributed by atoms with Crippen LogP contribution in [-0.2, 0) is 14.3 Å². The number of rotatable bonds is 2. The highest BCUT2D eigenvalue weighted by Crippen LogP contribution is 2.34. The van der Waals surface area contributed by atoms with Crippen molar-refractivity contribution in [3.63, 3.8) is 0 Å². The van der Waals surface area contributed by atoms with Crippen LogP contribution in [0.25, 0.3) is 0 Å². The minimum absolute atomic E-state index is 0.134.